The summed E-state index contributed by atoms with van der Waals surface area (Å²) in [5.41, 5.74) is 1.06. The van der Waals surface area contributed by atoms with Gasteiger partial charge >= 0.3 is 0 Å². The molecule has 0 aliphatic carbocycles. The van der Waals surface area contributed by atoms with E-state index in [9.17, 15) is 5.26 Å². The number of nitrogens with zero attached hydrogens (tertiary/aromatic N) is 1. The summed E-state index contributed by atoms with van der Waals surface area (Å²) in [4.78, 5) is 0. The van der Waals surface area contributed by atoms with Crippen LogP contribution < -0.4 is 0 Å². The Bertz CT molecular complexity index is 571. The summed E-state index contributed by atoms with van der Waals surface area (Å²) in [6.07, 6.45) is 6.16. The van der Waals surface area contributed by atoms with Crippen molar-refractivity contribution in [3.05, 3.63) is 71.8 Å². The molecule has 0 radical (unpaired) electrons. The fourth-order valence-corrected chi connectivity index (χ4v) is 2.00. The van der Waals surface area contributed by atoms with E-state index in [2.05, 4.69) is 12.0 Å². The van der Waals surface area contributed by atoms with Crippen LogP contribution in [0.25, 0.3) is 0 Å². The Morgan fingerprint density at radius 1 is 0.944 bits per heavy atom. The van der Waals surface area contributed by atoms with Crippen molar-refractivity contribution >= 4 is 0 Å². The second-order valence-electron chi connectivity index (χ2n) is 4.19. The molecule has 0 unspecified atom stereocenters. The molecule has 86 valence electrons. The van der Waals surface area contributed by atoms with E-state index in [1.807, 2.05) is 60.7 Å². The Kier molecular flexibility index (Phi) is 3.46. The van der Waals surface area contributed by atoms with Crippen LogP contribution in [-0.2, 0) is 11.8 Å². The van der Waals surface area contributed by atoms with Gasteiger partial charge in [-0.05, 0) is 11.1 Å². The van der Waals surface area contributed by atoms with Gasteiger partial charge in [0.15, 0.2) is 0 Å². The molecule has 0 aliphatic heterocycles. The summed E-state index contributed by atoms with van der Waals surface area (Å²) >= 11 is 0. The van der Waals surface area contributed by atoms with Gasteiger partial charge in [-0.1, -0.05) is 66.6 Å². The topological polar surface area (TPSA) is 23.8 Å². The highest BCUT2D eigenvalue weighted by atomic mass is 14.4. The lowest BCUT2D eigenvalue weighted by Crippen LogP contribution is -2.24. The minimum absolute atomic E-state index is 0.533. The molecule has 0 aromatic heterocycles. The van der Waals surface area contributed by atoms with Crippen LogP contribution in [0.5, 0.6) is 0 Å². The molecule has 0 fully saturated rings. The summed E-state index contributed by atoms with van der Waals surface area (Å²) in [5, 5.41) is 9.50. The highest BCUT2D eigenvalue weighted by Crippen LogP contribution is 2.27. The molecular formula is C17H13N. The highest BCUT2D eigenvalue weighted by molar-refractivity contribution is 5.44. The molecule has 2 aromatic carbocycles. The third-order valence-corrected chi connectivity index (χ3v) is 3.02. The van der Waals surface area contributed by atoms with Crippen LogP contribution in [0.15, 0.2) is 60.7 Å². The molecule has 0 saturated carbocycles. The average Bonchev–Trinajstić information content (AvgIpc) is 2.47. The quantitative estimate of drug-likeness (QED) is 0.743. The van der Waals surface area contributed by atoms with Crippen LogP contribution in [0, 0.1) is 23.7 Å². The fourth-order valence-electron chi connectivity index (χ4n) is 2.00. The summed E-state index contributed by atoms with van der Waals surface area (Å²) in [7, 11) is 0. The maximum absolute atomic E-state index is 9.50. The third-order valence-electron chi connectivity index (χ3n) is 3.02. The standard InChI is InChI=1S/C17H13N/c1-2-17(14-18,16-11-7-4-8-12-16)13-15-9-5-3-6-10-15/h1,3-12H,13H2/t17-/m0/s1. The number of terminal acetylenes is 1. The molecule has 1 nitrogen and oxygen atoms in total. The predicted molar refractivity (Wildman–Crippen MR) is 72.7 cm³/mol. The number of benzene rings is 2. The van der Waals surface area contributed by atoms with Crippen molar-refractivity contribution in [2.24, 2.45) is 0 Å². The smallest absolute Gasteiger partial charge is 0.146 e. The van der Waals surface area contributed by atoms with E-state index in [0.29, 0.717) is 6.42 Å². The van der Waals surface area contributed by atoms with Crippen LogP contribution in [0.3, 0.4) is 0 Å². The lowest BCUT2D eigenvalue weighted by molar-refractivity contribution is 0.706. The SMILES string of the molecule is C#C[C@@](C#N)(Cc1ccccc1)c1ccccc1. The second kappa shape index (κ2) is 5.21. The zero-order chi connectivity index (χ0) is 12.8. The van der Waals surface area contributed by atoms with Gasteiger partial charge in [0, 0.05) is 6.42 Å². The molecule has 0 aliphatic rings. The van der Waals surface area contributed by atoms with E-state index >= 15 is 0 Å². The van der Waals surface area contributed by atoms with Crippen molar-refractivity contribution in [1.82, 2.24) is 0 Å². The van der Waals surface area contributed by atoms with Crippen molar-refractivity contribution in [2.45, 2.75) is 11.8 Å². The Morgan fingerprint density at radius 3 is 2.00 bits per heavy atom. The van der Waals surface area contributed by atoms with Gasteiger partial charge in [0.2, 0.25) is 0 Å². The van der Waals surface area contributed by atoms with E-state index in [4.69, 9.17) is 6.42 Å². The summed E-state index contributed by atoms with van der Waals surface area (Å²) < 4.78 is 0. The minimum atomic E-state index is -0.886. The van der Waals surface area contributed by atoms with Crippen molar-refractivity contribution in [2.75, 3.05) is 0 Å². The van der Waals surface area contributed by atoms with Gasteiger partial charge in [0.1, 0.15) is 5.41 Å². The molecule has 0 amide bonds. The monoisotopic (exact) mass is 231 g/mol. The highest BCUT2D eigenvalue weighted by Gasteiger charge is 2.30. The van der Waals surface area contributed by atoms with E-state index in [1.54, 1.807) is 0 Å². The first-order chi connectivity index (χ1) is 8.80. The Balaban J connectivity index is 2.42. The summed E-state index contributed by atoms with van der Waals surface area (Å²) in [6, 6.07) is 21.7. The zero-order valence-corrected chi connectivity index (χ0v) is 10.0. The summed E-state index contributed by atoms with van der Waals surface area (Å²) in [5.74, 6) is 2.67. The van der Waals surface area contributed by atoms with Gasteiger partial charge in [-0.25, -0.2) is 0 Å². The zero-order valence-electron chi connectivity index (χ0n) is 10.0. The molecule has 0 heterocycles. The van der Waals surface area contributed by atoms with Gasteiger partial charge in [-0.15, -0.1) is 6.42 Å². The second-order valence-corrected chi connectivity index (χ2v) is 4.19. The van der Waals surface area contributed by atoms with Gasteiger partial charge in [-0.3, -0.25) is 0 Å². The fraction of sp³-hybridized carbons (Fsp3) is 0.118. The molecule has 2 aromatic rings. The van der Waals surface area contributed by atoms with Crippen LogP contribution in [0.1, 0.15) is 11.1 Å². The van der Waals surface area contributed by atoms with Gasteiger partial charge in [0.25, 0.3) is 0 Å². The first-order valence-corrected chi connectivity index (χ1v) is 5.79. The van der Waals surface area contributed by atoms with Gasteiger partial charge in [-0.2, -0.15) is 5.26 Å². The molecule has 0 spiro atoms. The van der Waals surface area contributed by atoms with Crippen LogP contribution in [0.4, 0.5) is 0 Å². The van der Waals surface area contributed by atoms with Gasteiger partial charge < -0.3 is 0 Å². The predicted octanol–water partition coefficient (Wildman–Crippen LogP) is 3.32. The molecule has 18 heavy (non-hydrogen) atoms. The molecule has 1 atom stereocenters. The number of hydrogen-bond acceptors (Lipinski definition) is 1. The first-order valence-electron chi connectivity index (χ1n) is 5.79. The van der Waals surface area contributed by atoms with E-state index in [0.717, 1.165) is 11.1 Å². The van der Waals surface area contributed by atoms with Crippen LogP contribution in [0.2, 0.25) is 0 Å². The largest absolute Gasteiger partial charge is 0.196 e. The Hall–Kier alpha value is -2.51. The lowest BCUT2D eigenvalue weighted by atomic mass is 9.77. The van der Waals surface area contributed by atoms with E-state index in [-0.39, 0.29) is 0 Å². The number of hydrogen-bond donors (Lipinski definition) is 0. The van der Waals surface area contributed by atoms with Crippen molar-refractivity contribution in [3.63, 3.8) is 0 Å². The Morgan fingerprint density at radius 2 is 1.50 bits per heavy atom. The Labute approximate surface area is 108 Å². The van der Waals surface area contributed by atoms with Gasteiger partial charge in [0.05, 0.1) is 6.07 Å². The van der Waals surface area contributed by atoms with Crippen molar-refractivity contribution in [3.8, 4) is 18.4 Å². The number of rotatable bonds is 3. The molecule has 0 bridgehead atoms. The third kappa shape index (κ3) is 2.26. The maximum atomic E-state index is 9.50. The maximum Gasteiger partial charge on any atom is 0.146 e. The number of nitriles is 1. The first kappa shape index (κ1) is 12.0. The normalized spacial score (nSPS) is 13.0. The summed E-state index contributed by atoms with van der Waals surface area (Å²) in [6.45, 7) is 0. The molecule has 0 saturated heterocycles. The molecule has 1 heteroatoms. The lowest BCUT2D eigenvalue weighted by Gasteiger charge is -2.21. The molecular weight excluding hydrogens is 218 g/mol. The van der Waals surface area contributed by atoms with Crippen molar-refractivity contribution < 1.29 is 0 Å². The van der Waals surface area contributed by atoms with Crippen LogP contribution >= 0.6 is 0 Å². The van der Waals surface area contributed by atoms with Crippen molar-refractivity contribution in [1.29, 1.82) is 5.26 Å². The van der Waals surface area contributed by atoms with Crippen LogP contribution in [-0.4, -0.2) is 0 Å². The average molecular weight is 231 g/mol. The molecule has 2 rings (SSSR count). The molecule has 0 N–H and O–H groups in total. The minimum Gasteiger partial charge on any atom is -0.196 e. The van der Waals surface area contributed by atoms with E-state index < -0.39 is 5.41 Å². The van der Waals surface area contributed by atoms with E-state index in [1.165, 1.54) is 0 Å².